The van der Waals surface area contributed by atoms with Crippen molar-refractivity contribution in [2.45, 2.75) is 57.8 Å². The lowest BCUT2D eigenvalue weighted by Crippen LogP contribution is -2.43. The first-order valence-electron chi connectivity index (χ1n) is 10.8. The van der Waals surface area contributed by atoms with Gasteiger partial charge in [-0.1, -0.05) is 13.8 Å². The molecule has 0 aromatic carbocycles. The van der Waals surface area contributed by atoms with E-state index in [0.29, 0.717) is 0 Å². The Bertz CT molecular complexity index is 1070. The highest BCUT2D eigenvalue weighted by Crippen LogP contribution is 2.34. The van der Waals surface area contributed by atoms with Crippen LogP contribution in [0.4, 0.5) is 5.82 Å². The van der Waals surface area contributed by atoms with Crippen molar-refractivity contribution in [1.29, 1.82) is 0 Å². The van der Waals surface area contributed by atoms with Gasteiger partial charge in [0.1, 0.15) is 18.8 Å². The lowest BCUT2D eigenvalue weighted by molar-refractivity contribution is -0.165. The number of hydrogen-bond acceptors (Lipinski definition) is 13. The fourth-order valence-corrected chi connectivity index (χ4v) is 3.26. The Balaban J connectivity index is 1.82. The zero-order valence-corrected chi connectivity index (χ0v) is 19.2. The van der Waals surface area contributed by atoms with E-state index in [4.69, 9.17) is 29.5 Å². The van der Waals surface area contributed by atoms with Gasteiger partial charge in [-0.05, 0) is 12.8 Å². The molecule has 0 radical (unpaired) electrons. The molecule has 1 aromatic heterocycles. The quantitative estimate of drug-likeness (QED) is 0.264. The Kier molecular flexibility index (Phi) is 8.19. The van der Waals surface area contributed by atoms with Crippen molar-refractivity contribution < 1.29 is 43.0 Å². The summed E-state index contributed by atoms with van der Waals surface area (Å²) >= 11 is 0. The third kappa shape index (κ3) is 6.64. The minimum absolute atomic E-state index is 0.0515. The largest absolute Gasteiger partial charge is 0.462 e. The van der Waals surface area contributed by atoms with E-state index >= 15 is 0 Å². The van der Waals surface area contributed by atoms with Gasteiger partial charge in [-0.2, -0.15) is 4.98 Å². The van der Waals surface area contributed by atoms with Crippen LogP contribution in [0.25, 0.3) is 0 Å². The molecule has 14 nitrogen and oxygen atoms in total. The average Bonchev–Trinajstić information content (AvgIpc) is 3.09. The normalized spacial score (nSPS) is 25.4. The van der Waals surface area contributed by atoms with Crippen LogP contribution in [0.5, 0.6) is 0 Å². The van der Waals surface area contributed by atoms with E-state index in [0.717, 1.165) is 16.7 Å². The van der Waals surface area contributed by atoms with Gasteiger partial charge in [0, 0.05) is 24.4 Å². The van der Waals surface area contributed by atoms with Crippen LogP contribution in [-0.2, 0) is 43.0 Å². The van der Waals surface area contributed by atoms with E-state index in [1.54, 1.807) is 0 Å². The Morgan fingerprint density at radius 1 is 1.14 bits per heavy atom. The van der Waals surface area contributed by atoms with Crippen molar-refractivity contribution in [2.24, 2.45) is 11.7 Å². The number of ether oxygens (including phenoxy) is 4. The van der Waals surface area contributed by atoms with Crippen LogP contribution < -0.4 is 16.9 Å². The van der Waals surface area contributed by atoms with Crippen LogP contribution in [0.3, 0.4) is 0 Å². The van der Waals surface area contributed by atoms with Gasteiger partial charge in [0.25, 0.3) is 0 Å². The fraction of sp³-hybridized carbons (Fsp3) is 0.524. The Labute approximate surface area is 199 Å². The minimum Gasteiger partial charge on any atom is -0.462 e. The molecule has 0 spiro atoms. The molecule has 2 aliphatic rings. The number of esters is 3. The predicted molar refractivity (Wildman–Crippen MR) is 115 cm³/mol. The molecule has 0 saturated carbocycles. The summed E-state index contributed by atoms with van der Waals surface area (Å²) in [6.45, 7) is 4.72. The zero-order valence-electron chi connectivity index (χ0n) is 19.2. The number of aromatic nitrogens is 2. The van der Waals surface area contributed by atoms with Gasteiger partial charge in [0.2, 0.25) is 0 Å². The third-order valence-corrected chi connectivity index (χ3v) is 4.86. The molecule has 1 saturated heterocycles. The van der Waals surface area contributed by atoms with E-state index in [1.165, 1.54) is 19.2 Å². The summed E-state index contributed by atoms with van der Waals surface area (Å²) in [6.07, 6.45) is -1.66. The SMILES string of the molecule is CC(C)CC(=O)ONc1ccn([C@@H]2O[C@H](COC(=O)[C@H](C)N)C3OC(=O)/C=C\C(=O)O[C@@H]32)c(=O)n1. The van der Waals surface area contributed by atoms with E-state index in [2.05, 4.69) is 10.5 Å². The van der Waals surface area contributed by atoms with Gasteiger partial charge in [-0.3, -0.25) is 9.36 Å². The summed E-state index contributed by atoms with van der Waals surface area (Å²) in [5.41, 5.74) is 6.93. The van der Waals surface area contributed by atoms with Crippen LogP contribution in [0.15, 0.2) is 29.2 Å². The van der Waals surface area contributed by atoms with Crippen LogP contribution in [-0.4, -0.2) is 64.4 Å². The van der Waals surface area contributed by atoms with Gasteiger partial charge in [0.15, 0.2) is 24.3 Å². The molecule has 1 fully saturated rings. The molecule has 3 N–H and O–H groups in total. The predicted octanol–water partition coefficient (Wildman–Crippen LogP) is -0.659. The van der Waals surface area contributed by atoms with Crippen molar-refractivity contribution in [2.75, 3.05) is 12.1 Å². The highest BCUT2D eigenvalue weighted by atomic mass is 16.7. The monoisotopic (exact) mass is 494 g/mol. The Morgan fingerprint density at radius 3 is 2.40 bits per heavy atom. The van der Waals surface area contributed by atoms with Gasteiger partial charge >= 0.3 is 29.6 Å². The van der Waals surface area contributed by atoms with Crippen LogP contribution in [0.2, 0.25) is 0 Å². The second kappa shape index (κ2) is 11.1. The molecule has 3 heterocycles. The highest BCUT2D eigenvalue weighted by molar-refractivity contribution is 5.92. The molecule has 0 bridgehead atoms. The second-order valence-corrected chi connectivity index (χ2v) is 8.30. The van der Waals surface area contributed by atoms with Gasteiger partial charge in [-0.25, -0.2) is 24.7 Å². The number of anilines is 1. The van der Waals surface area contributed by atoms with Crippen molar-refractivity contribution in [3.05, 3.63) is 34.9 Å². The van der Waals surface area contributed by atoms with Crippen molar-refractivity contribution >= 4 is 29.7 Å². The Hall–Kier alpha value is -3.78. The number of fused-ring (bicyclic) bond motifs is 1. The molecule has 1 unspecified atom stereocenters. The third-order valence-electron chi connectivity index (χ3n) is 4.86. The number of carbonyl (C=O) groups excluding carboxylic acids is 4. The first-order chi connectivity index (χ1) is 16.5. The van der Waals surface area contributed by atoms with Gasteiger partial charge in [0.05, 0.1) is 6.42 Å². The van der Waals surface area contributed by atoms with E-state index in [-0.39, 0.29) is 24.8 Å². The summed E-state index contributed by atoms with van der Waals surface area (Å²) in [6, 6.07) is 0.410. The van der Waals surface area contributed by atoms with Crippen molar-refractivity contribution in [3.8, 4) is 0 Å². The highest BCUT2D eigenvalue weighted by Gasteiger charge is 2.51. The summed E-state index contributed by atoms with van der Waals surface area (Å²) in [4.78, 5) is 69.0. The molecule has 35 heavy (non-hydrogen) atoms. The lowest BCUT2D eigenvalue weighted by atomic mass is 10.1. The summed E-state index contributed by atoms with van der Waals surface area (Å²) in [5, 5.41) is 0. The first-order valence-corrected chi connectivity index (χ1v) is 10.8. The molecular weight excluding hydrogens is 468 g/mol. The maximum absolute atomic E-state index is 12.7. The fourth-order valence-electron chi connectivity index (χ4n) is 3.26. The number of rotatable bonds is 8. The van der Waals surface area contributed by atoms with E-state index in [1.807, 2.05) is 13.8 Å². The van der Waals surface area contributed by atoms with Crippen LogP contribution >= 0.6 is 0 Å². The van der Waals surface area contributed by atoms with E-state index in [9.17, 15) is 24.0 Å². The average molecular weight is 494 g/mol. The summed E-state index contributed by atoms with van der Waals surface area (Å²) in [7, 11) is 0. The standard InChI is InChI=1S/C21H26N4O10/c1-10(2)8-16(28)35-24-13-6-7-25(21(30)23-13)19-18-17(33-14(26)4-5-15(27)34-18)12(32-19)9-31-20(29)11(3)22/h4-7,10-12,17-19H,8-9,22H2,1-3H3,(H,23,24,30)/b5-4-/t11-,12+,17?,18-,19+/m0/s1. The number of nitrogens with zero attached hydrogens (tertiary/aromatic N) is 2. The summed E-state index contributed by atoms with van der Waals surface area (Å²) < 4.78 is 22.6. The Morgan fingerprint density at radius 2 is 1.80 bits per heavy atom. The molecular formula is C21H26N4O10. The maximum atomic E-state index is 12.7. The molecule has 0 aliphatic carbocycles. The lowest BCUT2D eigenvalue weighted by Gasteiger charge is -2.25. The second-order valence-electron chi connectivity index (χ2n) is 8.30. The van der Waals surface area contributed by atoms with E-state index < -0.39 is 60.1 Å². The van der Waals surface area contributed by atoms with Crippen LogP contribution in [0.1, 0.15) is 33.4 Å². The van der Waals surface area contributed by atoms with Crippen LogP contribution in [0, 0.1) is 5.92 Å². The molecule has 1 aromatic rings. The first kappa shape index (κ1) is 25.8. The van der Waals surface area contributed by atoms with Crippen molar-refractivity contribution in [1.82, 2.24) is 9.55 Å². The molecule has 2 aliphatic heterocycles. The van der Waals surface area contributed by atoms with Gasteiger partial charge < -0.3 is 29.5 Å². The molecule has 5 atom stereocenters. The summed E-state index contributed by atoms with van der Waals surface area (Å²) in [5.74, 6) is -2.96. The zero-order chi connectivity index (χ0) is 25.7. The molecule has 3 rings (SSSR count). The smallest absolute Gasteiger partial charge is 0.351 e. The van der Waals surface area contributed by atoms with Crippen molar-refractivity contribution in [3.63, 3.8) is 0 Å². The van der Waals surface area contributed by atoms with Gasteiger partial charge in [-0.15, -0.1) is 0 Å². The molecule has 14 heteroatoms. The molecule has 190 valence electrons. The maximum Gasteiger partial charge on any atom is 0.351 e. The number of hydrogen-bond donors (Lipinski definition) is 2. The number of carbonyl (C=O) groups is 4. The number of nitrogens with two attached hydrogens (primary N) is 1. The molecule has 0 amide bonds. The topological polar surface area (TPSA) is 187 Å². The number of nitrogens with one attached hydrogen (secondary N) is 1. The minimum atomic E-state index is -1.28.